The number of nitrogens with one attached hydrogen (secondary N) is 2. The minimum atomic E-state index is 0.102. The lowest BCUT2D eigenvalue weighted by atomic mass is 9.97. The van der Waals surface area contributed by atoms with Crippen LogP contribution in [-0.4, -0.2) is 19.0 Å². The summed E-state index contributed by atoms with van der Waals surface area (Å²) in [6, 6.07) is 17.6. The van der Waals surface area contributed by atoms with Gasteiger partial charge in [-0.3, -0.25) is 4.79 Å². The van der Waals surface area contributed by atoms with Crippen molar-refractivity contribution in [3.63, 3.8) is 0 Å². The first kappa shape index (κ1) is 15.6. The summed E-state index contributed by atoms with van der Waals surface area (Å²) in [5.41, 5.74) is 1.91. The van der Waals surface area contributed by atoms with Crippen LogP contribution in [0.3, 0.4) is 0 Å². The van der Waals surface area contributed by atoms with Gasteiger partial charge >= 0.3 is 0 Å². The van der Waals surface area contributed by atoms with E-state index in [4.69, 9.17) is 4.74 Å². The monoisotopic (exact) mass is 310 g/mol. The highest BCUT2D eigenvalue weighted by atomic mass is 16.5. The van der Waals surface area contributed by atoms with E-state index < -0.39 is 0 Å². The summed E-state index contributed by atoms with van der Waals surface area (Å²) in [6.45, 7) is 2.35. The molecule has 2 N–H and O–H groups in total. The van der Waals surface area contributed by atoms with Gasteiger partial charge in [-0.25, -0.2) is 0 Å². The molecule has 2 aromatic rings. The Morgan fingerprint density at radius 1 is 1.09 bits per heavy atom. The van der Waals surface area contributed by atoms with Crippen molar-refractivity contribution >= 4 is 11.6 Å². The van der Waals surface area contributed by atoms with Crippen LogP contribution in [0, 0.1) is 5.92 Å². The van der Waals surface area contributed by atoms with Crippen LogP contribution in [0.5, 0.6) is 5.75 Å². The van der Waals surface area contributed by atoms with E-state index in [1.807, 2.05) is 54.6 Å². The van der Waals surface area contributed by atoms with E-state index in [0.717, 1.165) is 42.9 Å². The lowest BCUT2D eigenvalue weighted by molar-refractivity contribution is -0.120. The summed E-state index contributed by atoms with van der Waals surface area (Å²) in [5, 5.41) is 6.28. The van der Waals surface area contributed by atoms with Crippen molar-refractivity contribution in [1.82, 2.24) is 5.32 Å². The summed E-state index contributed by atoms with van der Waals surface area (Å²) < 4.78 is 5.80. The summed E-state index contributed by atoms with van der Waals surface area (Å²) >= 11 is 0. The zero-order chi connectivity index (χ0) is 15.9. The van der Waals surface area contributed by atoms with Crippen LogP contribution in [0.1, 0.15) is 18.4 Å². The largest absolute Gasteiger partial charge is 0.489 e. The Kier molecular flexibility index (Phi) is 5.27. The molecule has 1 fully saturated rings. The van der Waals surface area contributed by atoms with Gasteiger partial charge in [0.2, 0.25) is 5.91 Å². The van der Waals surface area contributed by atoms with Gasteiger partial charge in [0.25, 0.3) is 0 Å². The molecule has 1 saturated heterocycles. The number of anilines is 1. The second-order valence-electron chi connectivity index (χ2n) is 5.82. The Bertz CT molecular complexity index is 637. The van der Waals surface area contributed by atoms with Crippen LogP contribution in [0.15, 0.2) is 54.6 Å². The number of rotatable bonds is 5. The fraction of sp³-hybridized carbons (Fsp3) is 0.316. The van der Waals surface area contributed by atoms with E-state index in [2.05, 4.69) is 10.6 Å². The number of carbonyl (C=O) groups excluding carboxylic acids is 1. The molecule has 0 aromatic heterocycles. The van der Waals surface area contributed by atoms with Gasteiger partial charge in [-0.2, -0.15) is 0 Å². The topological polar surface area (TPSA) is 50.4 Å². The molecule has 4 nitrogen and oxygen atoms in total. The van der Waals surface area contributed by atoms with Crippen molar-refractivity contribution in [3.05, 3.63) is 60.2 Å². The molecule has 2 aromatic carbocycles. The van der Waals surface area contributed by atoms with Crippen molar-refractivity contribution in [2.45, 2.75) is 19.4 Å². The molecule has 0 aliphatic carbocycles. The number of amides is 1. The highest BCUT2D eigenvalue weighted by molar-refractivity contribution is 5.92. The number of ether oxygens (including phenoxy) is 1. The maximum atomic E-state index is 12.3. The lowest BCUT2D eigenvalue weighted by Crippen LogP contribution is -2.34. The van der Waals surface area contributed by atoms with Gasteiger partial charge < -0.3 is 15.4 Å². The Labute approximate surface area is 136 Å². The predicted octanol–water partition coefficient (Wildman–Crippen LogP) is 3.20. The summed E-state index contributed by atoms with van der Waals surface area (Å²) in [5.74, 6) is 0.966. The third kappa shape index (κ3) is 4.57. The first-order valence-corrected chi connectivity index (χ1v) is 8.09. The van der Waals surface area contributed by atoms with Crippen LogP contribution in [0.25, 0.3) is 0 Å². The third-order valence-electron chi connectivity index (χ3n) is 4.06. The van der Waals surface area contributed by atoms with E-state index in [1.54, 1.807) is 0 Å². The van der Waals surface area contributed by atoms with Gasteiger partial charge in [-0.1, -0.05) is 36.4 Å². The zero-order valence-electron chi connectivity index (χ0n) is 13.1. The predicted molar refractivity (Wildman–Crippen MR) is 91.4 cm³/mol. The van der Waals surface area contributed by atoms with Crippen molar-refractivity contribution in [3.8, 4) is 5.75 Å². The van der Waals surface area contributed by atoms with Gasteiger partial charge in [-0.15, -0.1) is 0 Å². The first-order valence-electron chi connectivity index (χ1n) is 8.09. The minimum absolute atomic E-state index is 0.102. The van der Waals surface area contributed by atoms with Gasteiger partial charge in [-0.05, 0) is 43.6 Å². The van der Waals surface area contributed by atoms with E-state index in [1.165, 1.54) is 0 Å². The second kappa shape index (κ2) is 7.79. The molecule has 0 unspecified atom stereocenters. The maximum Gasteiger partial charge on any atom is 0.227 e. The molecule has 3 rings (SSSR count). The molecule has 120 valence electrons. The van der Waals surface area contributed by atoms with Crippen LogP contribution in [-0.2, 0) is 11.4 Å². The van der Waals surface area contributed by atoms with Gasteiger partial charge in [0.15, 0.2) is 0 Å². The van der Waals surface area contributed by atoms with Crippen molar-refractivity contribution in [1.29, 1.82) is 0 Å². The highest BCUT2D eigenvalue weighted by Gasteiger charge is 2.20. The Morgan fingerprint density at radius 2 is 1.87 bits per heavy atom. The van der Waals surface area contributed by atoms with Crippen LogP contribution in [0.2, 0.25) is 0 Å². The molecule has 4 heteroatoms. The van der Waals surface area contributed by atoms with Crippen molar-refractivity contribution in [2.75, 3.05) is 18.4 Å². The highest BCUT2D eigenvalue weighted by Crippen LogP contribution is 2.21. The smallest absolute Gasteiger partial charge is 0.227 e. The Balaban J connectivity index is 1.57. The summed E-state index contributed by atoms with van der Waals surface area (Å²) in [7, 11) is 0. The van der Waals surface area contributed by atoms with Gasteiger partial charge in [0, 0.05) is 17.7 Å². The molecule has 1 aliphatic rings. The van der Waals surface area contributed by atoms with Crippen molar-refractivity contribution in [2.24, 2.45) is 5.92 Å². The number of hydrogen-bond acceptors (Lipinski definition) is 3. The molecule has 1 amide bonds. The van der Waals surface area contributed by atoms with E-state index in [9.17, 15) is 4.79 Å². The SMILES string of the molecule is O=C(Nc1cccc(OCc2ccccc2)c1)C1CCNCC1. The fourth-order valence-electron chi connectivity index (χ4n) is 2.73. The fourth-order valence-corrected chi connectivity index (χ4v) is 2.73. The zero-order valence-corrected chi connectivity index (χ0v) is 13.1. The minimum Gasteiger partial charge on any atom is -0.489 e. The Morgan fingerprint density at radius 3 is 2.65 bits per heavy atom. The molecule has 23 heavy (non-hydrogen) atoms. The Hall–Kier alpha value is -2.33. The third-order valence-corrected chi connectivity index (χ3v) is 4.06. The lowest BCUT2D eigenvalue weighted by Gasteiger charge is -2.21. The maximum absolute atomic E-state index is 12.3. The molecular weight excluding hydrogens is 288 g/mol. The number of benzene rings is 2. The number of piperidine rings is 1. The quantitative estimate of drug-likeness (QED) is 0.891. The normalized spacial score (nSPS) is 15.1. The van der Waals surface area contributed by atoms with Crippen LogP contribution < -0.4 is 15.4 Å². The molecule has 0 atom stereocenters. The van der Waals surface area contributed by atoms with Crippen LogP contribution >= 0.6 is 0 Å². The average molecular weight is 310 g/mol. The molecule has 1 aliphatic heterocycles. The molecular formula is C19H22N2O2. The first-order chi connectivity index (χ1) is 11.3. The number of carbonyl (C=O) groups is 1. The van der Waals surface area contributed by atoms with Crippen LogP contribution in [0.4, 0.5) is 5.69 Å². The number of hydrogen-bond donors (Lipinski definition) is 2. The molecule has 0 spiro atoms. The average Bonchev–Trinajstić information content (AvgIpc) is 2.62. The second-order valence-corrected chi connectivity index (χ2v) is 5.82. The van der Waals surface area contributed by atoms with E-state index in [0.29, 0.717) is 6.61 Å². The molecule has 0 radical (unpaired) electrons. The molecule has 1 heterocycles. The van der Waals surface area contributed by atoms with Crippen molar-refractivity contribution < 1.29 is 9.53 Å². The van der Waals surface area contributed by atoms with Gasteiger partial charge in [0.1, 0.15) is 12.4 Å². The van der Waals surface area contributed by atoms with E-state index in [-0.39, 0.29) is 11.8 Å². The molecule has 0 saturated carbocycles. The standard InChI is InChI=1S/C19H22N2O2/c22-19(16-9-11-20-12-10-16)21-17-7-4-8-18(13-17)23-14-15-5-2-1-3-6-15/h1-8,13,16,20H,9-12,14H2,(H,21,22). The summed E-state index contributed by atoms with van der Waals surface area (Å²) in [6.07, 6.45) is 1.80. The summed E-state index contributed by atoms with van der Waals surface area (Å²) in [4.78, 5) is 12.3. The van der Waals surface area contributed by atoms with E-state index >= 15 is 0 Å². The van der Waals surface area contributed by atoms with Gasteiger partial charge in [0.05, 0.1) is 0 Å². The molecule has 0 bridgehead atoms.